The van der Waals surface area contributed by atoms with Gasteiger partial charge in [0.1, 0.15) is 0 Å². The summed E-state index contributed by atoms with van der Waals surface area (Å²) >= 11 is 0. The van der Waals surface area contributed by atoms with Gasteiger partial charge in [-0.2, -0.15) is 5.10 Å². The molecule has 0 aliphatic rings. The maximum Gasteiger partial charge on any atom is 0.241 e. The van der Waals surface area contributed by atoms with Gasteiger partial charge >= 0.3 is 0 Å². The van der Waals surface area contributed by atoms with Gasteiger partial charge in [0.05, 0.1) is 12.7 Å². The van der Waals surface area contributed by atoms with Crippen molar-refractivity contribution in [2.45, 2.75) is 13.5 Å². The quantitative estimate of drug-likeness (QED) is 0.829. The molecule has 1 heterocycles. The van der Waals surface area contributed by atoms with E-state index in [1.54, 1.807) is 12.3 Å². The fourth-order valence-electron chi connectivity index (χ4n) is 1.71. The van der Waals surface area contributed by atoms with Gasteiger partial charge in [0.15, 0.2) is 0 Å². The topological polar surface area (TPSA) is 60.9 Å². The van der Waals surface area contributed by atoms with Crippen LogP contribution in [-0.2, 0) is 11.3 Å². The molecule has 0 unspecified atom stereocenters. The van der Waals surface area contributed by atoms with E-state index in [4.69, 9.17) is 5.73 Å². The van der Waals surface area contributed by atoms with Gasteiger partial charge in [0.25, 0.3) is 0 Å². The number of hydrogen-bond donors (Lipinski definition) is 1. The van der Waals surface area contributed by atoms with Crippen molar-refractivity contribution in [1.29, 1.82) is 0 Å². The fourth-order valence-corrected chi connectivity index (χ4v) is 1.71. The van der Waals surface area contributed by atoms with E-state index in [0.717, 1.165) is 17.8 Å². The molecule has 2 N–H and O–H groups in total. The zero-order valence-electron chi connectivity index (χ0n) is 10.2. The molecule has 0 saturated carbocycles. The highest BCUT2D eigenvalue weighted by molar-refractivity contribution is 5.90. The number of nitrogens with two attached hydrogens (primary N) is 1. The molecule has 0 fully saturated rings. The summed E-state index contributed by atoms with van der Waals surface area (Å²) in [5.74, 6) is -0.454. The minimum Gasteiger partial charge on any atom is -0.366 e. The van der Waals surface area contributed by atoms with E-state index in [-0.39, 0.29) is 0 Å². The van der Waals surface area contributed by atoms with Gasteiger partial charge in [-0.25, -0.2) is 0 Å². The van der Waals surface area contributed by atoms with Crippen LogP contribution in [-0.4, -0.2) is 15.7 Å². The number of amides is 1. The third-order valence-corrected chi connectivity index (χ3v) is 2.74. The van der Waals surface area contributed by atoms with Crippen molar-refractivity contribution < 1.29 is 4.79 Å². The molecule has 4 heteroatoms. The second kappa shape index (κ2) is 5.31. The van der Waals surface area contributed by atoms with Gasteiger partial charge in [-0.05, 0) is 18.6 Å². The van der Waals surface area contributed by atoms with Crippen molar-refractivity contribution in [2.75, 3.05) is 0 Å². The van der Waals surface area contributed by atoms with Gasteiger partial charge in [-0.15, -0.1) is 0 Å². The number of rotatable bonds is 4. The number of benzene rings is 1. The summed E-state index contributed by atoms with van der Waals surface area (Å²) in [5.41, 5.74) is 8.17. The molecule has 2 aromatic rings. The van der Waals surface area contributed by atoms with E-state index in [1.165, 1.54) is 11.6 Å². The SMILES string of the molecule is Cc1c(/C=C/C(N)=O)cnn1Cc1ccccc1. The van der Waals surface area contributed by atoms with E-state index in [0.29, 0.717) is 0 Å². The Balaban J connectivity index is 2.18. The summed E-state index contributed by atoms with van der Waals surface area (Å²) in [6, 6.07) is 10.1. The fraction of sp³-hybridized carbons (Fsp3) is 0.143. The van der Waals surface area contributed by atoms with Crippen molar-refractivity contribution in [3.8, 4) is 0 Å². The Morgan fingerprint density at radius 2 is 2.11 bits per heavy atom. The molecule has 1 aromatic heterocycles. The van der Waals surface area contributed by atoms with Crippen LogP contribution < -0.4 is 5.73 Å². The first-order chi connectivity index (χ1) is 8.66. The molecule has 92 valence electrons. The molecular formula is C14H15N3O. The normalized spacial score (nSPS) is 10.9. The zero-order valence-corrected chi connectivity index (χ0v) is 10.2. The highest BCUT2D eigenvalue weighted by atomic mass is 16.1. The van der Waals surface area contributed by atoms with E-state index in [9.17, 15) is 4.79 Å². The molecule has 0 spiro atoms. The molecule has 0 aliphatic heterocycles. The highest BCUT2D eigenvalue weighted by Crippen LogP contribution is 2.11. The van der Waals surface area contributed by atoms with Crippen LogP contribution in [0.3, 0.4) is 0 Å². The molecule has 1 amide bonds. The number of aromatic nitrogens is 2. The molecule has 0 radical (unpaired) electrons. The first-order valence-corrected chi connectivity index (χ1v) is 5.70. The van der Waals surface area contributed by atoms with Crippen molar-refractivity contribution in [2.24, 2.45) is 5.73 Å². The van der Waals surface area contributed by atoms with Gasteiger partial charge in [-0.1, -0.05) is 30.3 Å². The second-order valence-electron chi connectivity index (χ2n) is 4.06. The lowest BCUT2D eigenvalue weighted by Crippen LogP contribution is -2.05. The van der Waals surface area contributed by atoms with E-state index in [2.05, 4.69) is 17.2 Å². The largest absolute Gasteiger partial charge is 0.366 e. The molecular weight excluding hydrogens is 226 g/mol. The van der Waals surface area contributed by atoms with Crippen LogP contribution >= 0.6 is 0 Å². The Morgan fingerprint density at radius 1 is 1.39 bits per heavy atom. The zero-order chi connectivity index (χ0) is 13.0. The average molecular weight is 241 g/mol. The summed E-state index contributed by atoms with van der Waals surface area (Å²) in [6.45, 7) is 2.69. The van der Waals surface area contributed by atoms with Gasteiger partial charge in [-0.3, -0.25) is 9.48 Å². The number of carbonyl (C=O) groups excluding carboxylic acids is 1. The van der Waals surface area contributed by atoms with Crippen LogP contribution in [0.2, 0.25) is 0 Å². The van der Waals surface area contributed by atoms with Crippen LogP contribution in [0, 0.1) is 6.92 Å². The smallest absolute Gasteiger partial charge is 0.241 e. The Hall–Kier alpha value is -2.36. The minimum atomic E-state index is -0.454. The van der Waals surface area contributed by atoms with Crippen molar-refractivity contribution >= 4 is 12.0 Å². The van der Waals surface area contributed by atoms with Crippen LogP contribution in [0.25, 0.3) is 6.08 Å². The van der Waals surface area contributed by atoms with Gasteiger partial charge in [0.2, 0.25) is 5.91 Å². The summed E-state index contributed by atoms with van der Waals surface area (Å²) < 4.78 is 1.90. The lowest BCUT2D eigenvalue weighted by Gasteiger charge is -2.04. The van der Waals surface area contributed by atoms with E-state index < -0.39 is 5.91 Å². The lowest BCUT2D eigenvalue weighted by molar-refractivity contribution is -0.113. The summed E-state index contributed by atoms with van der Waals surface area (Å²) in [4.78, 5) is 10.7. The van der Waals surface area contributed by atoms with E-state index >= 15 is 0 Å². The van der Waals surface area contributed by atoms with Crippen LogP contribution in [0.4, 0.5) is 0 Å². The van der Waals surface area contributed by atoms with Crippen molar-refractivity contribution in [1.82, 2.24) is 9.78 Å². The second-order valence-corrected chi connectivity index (χ2v) is 4.06. The Kier molecular flexibility index (Phi) is 3.57. The minimum absolute atomic E-state index is 0.454. The average Bonchev–Trinajstić information content (AvgIpc) is 2.70. The molecule has 0 atom stereocenters. The summed E-state index contributed by atoms with van der Waals surface area (Å²) in [6.07, 6.45) is 4.76. The lowest BCUT2D eigenvalue weighted by atomic mass is 10.2. The van der Waals surface area contributed by atoms with Crippen LogP contribution in [0.1, 0.15) is 16.8 Å². The van der Waals surface area contributed by atoms with Crippen molar-refractivity contribution in [3.63, 3.8) is 0 Å². The molecule has 18 heavy (non-hydrogen) atoms. The summed E-state index contributed by atoms with van der Waals surface area (Å²) in [7, 11) is 0. The number of carbonyl (C=O) groups is 1. The van der Waals surface area contributed by atoms with E-state index in [1.807, 2.05) is 29.8 Å². The predicted octanol–water partition coefficient (Wildman–Crippen LogP) is 1.74. The van der Waals surface area contributed by atoms with Crippen molar-refractivity contribution in [3.05, 3.63) is 59.4 Å². The van der Waals surface area contributed by atoms with Crippen LogP contribution in [0.5, 0.6) is 0 Å². The summed E-state index contributed by atoms with van der Waals surface area (Å²) in [5, 5.41) is 4.30. The number of nitrogens with zero attached hydrogens (tertiary/aromatic N) is 2. The maximum atomic E-state index is 10.7. The molecule has 1 aromatic carbocycles. The Bertz CT molecular complexity index is 570. The molecule has 4 nitrogen and oxygen atoms in total. The third kappa shape index (κ3) is 2.85. The maximum absolute atomic E-state index is 10.7. The predicted molar refractivity (Wildman–Crippen MR) is 70.7 cm³/mol. The van der Waals surface area contributed by atoms with Gasteiger partial charge < -0.3 is 5.73 Å². The van der Waals surface area contributed by atoms with Gasteiger partial charge in [0, 0.05) is 17.3 Å². The molecule has 0 saturated heterocycles. The monoisotopic (exact) mass is 241 g/mol. The Labute approximate surface area is 106 Å². The number of hydrogen-bond acceptors (Lipinski definition) is 2. The third-order valence-electron chi connectivity index (χ3n) is 2.74. The molecule has 0 aliphatic carbocycles. The standard InChI is InChI=1S/C14H15N3O/c1-11-13(7-8-14(15)18)9-16-17(11)10-12-5-3-2-4-6-12/h2-9H,10H2,1H3,(H2,15,18)/b8-7+. The first-order valence-electron chi connectivity index (χ1n) is 5.70. The number of primary amides is 1. The van der Waals surface area contributed by atoms with Crippen LogP contribution in [0.15, 0.2) is 42.6 Å². The molecule has 0 bridgehead atoms. The highest BCUT2D eigenvalue weighted by Gasteiger charge is 2.04. The Morgan fingerprint density at radius 3 is 2.78 bits per heavy atom. The first kappa shape index (κ1) is 12.1. The molecule has 2 rings (SSSR count).